The normalized spacial score (nSPS) is 15.3. The molecule has 0 amide bonds. The van der Waals surface area contributed by atoms with Gasteiger partial charge in [0.2, 0.25) is 0 Å². The molecule has 1 atom stereocenters. The first-order valence-electron chi connectivity index (χ1n) is 9.62. The Bertz CT molecular complexity index is 933. The molecule has 1 unspecified atom stereocenters. The van der Waals surface area contributed by atoms with E-state index in [1.54, 1.807) is 12.4 Å². The topological polar surface area (TPSA) is 60.4 Å². The number of rotatable bonds is 6. The van der Waals surface area contributed by atoms with Gasteiger partial charge in [-0.3, -0.25) is 4.98 Å². The van der Waals surface area contributed by atoms with Crippen molar-refractivity contribution < 1.29 is 9.47 Å². The van der Waals surface area contributed by atoms with E-state index in [1.165, 1.54) is 0 Å². The molecular formula is C22H24N4O2. The Balaban J connectivity index is 1.57. The molecule has 1 aromatic carbocycles. The highest BCUT2D eigenvalue weighted by Crippen LogP contribution is 2.31. The van der Waals surface area contributed by atoms with Gasteiger partial charge in [-0.15, -0.1) is 0 Å². The molecule has 0 saturated carbocycles. The number of hydrogen-bond donors (Lipinski definition) is 0. The van der Waals surface area contributed by atoms with E-state index in [0.29, 0.717) is 19.0 Å². The van der Waals surface area contributed by atoms with Crippen molar-refractivity contribution in [2.45, 2.75) is 26.4 Å². The predicted molar refractivity (Wildman–Crippen MR) is 109 cm³/mol. The molecule has 1 aliphatic heterocycles. The van der Waals surface area contributed by atoms with E-state index >= 15 is 0 Å². The van der Waals surface area contributed by atoms with Gasteiger partial charge in [0, 0.05) is 36.3 Å². The fourth-order valence-corrected chi connectivity index (χ4v) is 3.31. The molecule has 0 radical (unpaired) electrons. The second kappa shape index (κ2) is 8.25. The summed E-state index contributed by atoms with van der Waals surface area (Å²) in [5.41, 5.74) is 1.90. The Hall–Kier alpha value is -3.15. The van der Waals surface area contributed by atoms with Crippen molar-refractivity contribution in [3.05, 3.63) is 60.6 Å². The van der Waals surface area contributed by atoms with Gasteiger partial charge >= 0.3 is 0 Å². The quantitative estimate of drug-likeness (QED) is 0.650. The van der Waals surface area contributed by atoms with Crippen LogP contribution in [-0.2, 0) is 0 Å². The first kappa shape index (κ1) is 18.2. The summed E-state index contributed by atoms with van der Waals surface area (Å²) < 4.78 is 12.0. The molecule has 1 aliphatic rings. The van der Waals surface area contributed by atoms with Gasteiger partial charge in [0.15, 0.2) is 23.4 Å². The van der Waals surface area contributed by atoms with Crippen LogP contribution in [0.5, 0.6) is 11.5 Å². The first-order valence-corrected chi connectivity index (χ1v) is 9.62. The molecule has 0 saturated heterocycles. The summed E-state index contributed by atoms with van der Waals surface area (Å²) in [7, 11) is 0. The first-order chi connectivity index (χ1) is 13.7. The third-order valence-corrected chi connectivity index (χ3v) is 4.59. The van der Waals surface area contributed by atoms with Crippen LogP contribution in [0.25, 0.3) is 11.4 Å². The van der Waals surface area contributed by atoms with Gasteiger partial charge in [-0.2, -0.15) is 0 Å². The molecule has 6 heteroatoms. The Morgan fingerprint density at radius 1 is 1.07 bits per heavy atom. The molecular weight excluding hydrogens is 352 g/mol. The Morgan fingerprint density at radius 2 is 1.86 bits per heavy atom. The van der Waals surface area contributed by atoms with E-state index in [0.717, 1.165) is 41.5 Å². The smallest absolute Gasteiger partial charge is 0.161 e. The van der Waals surface area contributed by atoms with Crippen molar-refractivity contribution in [3.63, 3.8) is 0 Å². The maximum atomic E-state index is 6.16. The van der Waals surface area contributed by atoms with Gasteiger partial charge in [0.25, 0.3) is 0 Å². The van der Waals surface area contributed by atoms with Crippen molar-refractivity contribution in [2.75, 3.05) is 24.6 Å². The minimum atomic E-state index is -0.0545. The number of nitrogens with zero attached hydrogens (tertiary/aromatic N) is 4. The summed E-state index contributed by atoms with van der Waals surface area (Å²) in [6, 6.07) is 13.7. The summed E-state index contributed by atoms with van der Waals surface area (Å²) in [6.45, 7) is 6.27. The maximum absolute atomic E-state index is 6.16. The molecule has 3 aromatic rings. The van der Waals surface area contributed by atoms with Crippen LogP contribution in [0.15, 0.2) is 54.9 Å². The largest absolute Gasteiger partial charge is 0.486 e. The van der Waals surface area contributed by atoms with Gasteiger partial charge in [0.05, 0.1) is 6.54 Å². The number of aromatic nitrogens is 3. The highest BCUT2D eigenvalue weighted by atomic mass is 16.6. The summed E-state index contributed by atoms with van der Waals surface area (Å²) >= 11 is 0. The van der Waals surface area contributed by atoms with Crippen molar-refractivity contribution >= 4 is 5.82 Å². The molecule has 0 fully saturated rings. The van der Waals surface area contributed by atoms with E-state index in [9.17, 15) is 0 Å². The van der Waals surface area contributed by atoms with Crippen molar-refractivity contribution in [1.29, 1.82) is 0 Å². The molecule has 0 spiro atoms. The van der Waals surface area contributed by atoms with E-state index in [2.05, 4.69) is 21.8 Å². The predicted octanol–water partition coefficient (Wildman–Crippen LogP) is 3.90. The summed E-state index contributed by atoms with van der Waals surface area (Å²) in [5, 5.41) is 0. The summed E-state index contributed by atoms with van der Waals surface area (Å²) in [5.74, 6) is 3.22. The molecule has 144 valence electrons. The van der Waals surface area contributed by atoms with E-state index in [4.69, 9.17) is 14.5 Å². The molecule has 28 heavy (non-hydrogen) atoms. The van der Waals surface area contributed by atoms with Gasteiger partial charge in [-0.05, 0) is 37.6 Å². The van der Waals surface area contributed by atoms with Gasteiger partial charge < -0.3 is 14.4 Å². The van der Waals surface area contributed by atoms with E-state index in [-0.39, 0.29) is 6.10 Å². The van der Waals surface area contributed by atoms with Crippen LogP contribution in [0.3, 0.4) is 0 Å². The van der Waals surface area contributed by atoms with Crippen LogP contribution in [0, 0.1) is 6.92 Å². The maximum Gasteiger partial charge on any atom is 0.161 e. The van der Waals surface area contributed by atoms with E-state index < -0.39 is 0 Å². The van der Waals surface area contributed by atoms with Crippen LogP contribution < -0.4 is 14.4 Å². The number of pyridine rings is 1. The second-order valence-electron chi connectivity index (χ2n) is 6.87. The van der Waals surface area contributed by atoms with Crippen molar-refractivity contribution in [2.24, 2.45) is 0 Å². The molecule has 0 aliphatic carbocycles. The molecule has 6 nitrogen and oxygen atoms in total. The monoisotopic (exact) mass is 376 g/mol. The number of aryl methyl sites for hydroxylation is 1. The Labute approximate surface area is 165 Å². The lowest BCUT2D eigenvalue weighted by molar-refractivity contribution is 0.0951. The van der Waals surface area contributed by atoms with Crippen molar-refractivity contribution in [1.82, 2.24) is 15.0 Å². The minimum Gasteiger partial charge on any atom is -0.486 e. The lowest BCUT2D eigenvalue weighted by Gasteiger charge is -2.32. The zero-order valence-electron chi connectivity index (χ0n) is 16.2. The molecule has 0 N–H and O–H groups in total. The SMILES string of the molecule is CCCN(CC1COc2ccccc2O1)c1cc(C)nc(-c2ccncc2)n1. The fraction of sp³-hybridized carbons (Fsp3) is 0.318. The lowest BCUT2D eigenvalue weighted by atomic mass is 10.2. The zero-order chi connectivity index (χ0) is 19.3. The minimum absolute atomic E-state index is 0.0545. The summed E-state index contributed by atoms with van der Waals surface area (Å²) in [4.78, 5) is 15.8. The Kier molecular flexibility index (Phi) is 5.37. The number of fused-ring (bicyclic) bond motifs is 1. The number of ether oxygens (including phenoxy) is 2. The van der Waals surface area contributed by atoms with Crippen molar-refractivity contribution in [3.8, 4) is 22.9 Å². The number of para-hydroxylation sites is 2. The Morgan fingerprint density at radius 3 is 2.64 bits per heavy atom. The van der Waals surface area contributed by atoms with Crippen LogP contribution in [0.1, 0.15) is 19.0 Å². The molecule has 4 rings (SSSR count). The third kappa shape index (κ3) is 4.06. The zero-order valence-corrected chi connectivity index (χ0v) is 16.2. The van der Waals surface area contributed by atoms with Crippen LogP contribution >= 0.6 is 0 Å². The number of anilines is 1. The average molecular weight is 376 g/mol. The summed E-state index contributed by atoms with van der Waals surface area (Å²) in [6.07, 6.45) is 4.48. The van der Waals surface area contributed by atoms with Gasteiger partial charge in [-0.25, -0.2) is 9.97 Å². The van der Waals surface area contributed by atoms with Crippen LogP contribution in [0.2, 0.25) is 0 Å². The molecule has 0 bridgehead atoms. The molecule has 3 heterocycles. The highest BCUT2D eigenvalue weighted by molar-refractivity contribution is 5.57. The van der Waals surface area contributed by atoms with Gasteiger partial charge in [-0.1, -0.05) is 19.1 Å². The van der Waals surface area contributed by atoms with E-state index in [1.807, 2.05) is 49.4 Å². The van der Waals surface area contributed by atoms with Gasteiger partial charge in [0.1, 0.15) is 12.4 Å². The lowest BCUT2D eigenvalue weighted by Crippen LogP contribution is -2.41. The number of hydrogen-bond acceptors (Lipinski definition) is 6. The van der Waals surface area contributed by atoms with Crippen LogP contribution in [0.4, 0.5) is 5.82 Å². The fourth-order valence-electron chi connectivity index (χ4n) is 3.31. The second-order valence-corrected chi connectivity index (χ2v) is 6.87. The molecule has 2 aromatic heterocycles. The average Bonchev–Trinajstić information content (AvgIpc) is 2.73. The number of benzene rings is 1. The standard InChI is InChI=1S/C22H24N4O2/c1-3-12-26(14-18-15-27-19-6-4-5-7-20(19)28-18)21-13-16(2)24-22(25-21)17-8-10-23-11-9-17/h4-11,13,18H,3,12,14-15H2,1-2H3. The van der Waals surface area contributed by atoms with Crippen LogP contribution in [-0.4, -0.2) is 40.8 Å². The highest BCUT2D eigenvalue weighted by Gasteiger charge is 2.24. The third-order valence-electron chi connectivity index (χ3n) is 4.59.